The summed E-state index contributed by atoms with van der Waals surface area (Å²) in [7, 11) is 0. The van der Waals surface area contributed by atoms with Crippen LogP contribution in [0.4, 0.5) is 5.69 Å². The van der Waals surface area contributed by atoms with Crippen molar-refractivity contribution in [2.24, 2.45) is 0 Å². The second-order valence-electron chi connectivity index (χ2n) is 2.79. The van der Waals surface area contributed by atoms with Crippen molar-refractivity contribution in [3.8, 4) is 0 Å². The molecular formula is C18H31NO2. The first-order chi connectivity index (χ1) is 10.3. The Morgan fingerprint density at radius 1 is 0.714 bits per heavy atom. The van der Waals surface area contributed by atoms with E-state index in [0.29, 0.717) is 0 Å². The third-order valence-corrected chi connectivity index (χ3v) is 1.94. The molecule has 0 radical (unpaired) electrons. The second kappa shape index (κ2) is 18.1. The lowest BCUT2D eigenvalue weighted by molar-refractivity contribution is -0.384. The highest BCUT2D eigenvalue weighted by atomic mass is 16.6. The Labute approximate surface area is 130 Å². The van der Waals surface area contributed by atoms with Crippen molar-refractivity contribution >= 4 is 16.5 Å². The SMILES string of the molecule is CC.CC.CC.CC.O=[N+]([O-])c1ccc2ccccc2c1. The fourth-order valence-corrected chi connectivity index (χ4v) is 1.29. The third-order valence-electron chi connectivity index (χ3n) is 1.94. The monoisotopic (exact) mass is 293 g/mol. The number of nitro benzene ring substituents is 1. The lowest BCUT2D eigenvalue weighted by Crippen LogP contribution is -1.86. The molecule has 0 spiro atoms. The van der Waals surface area contributed by atoms with E-state index >= 15 is 0 Å². The first-order valence-corrected chi connectivity index (χ1v) is 7.90. The van der Waals surface area contributed by atoms with E-state index in [2.05, 4.69) is 0 Å². The molecule has 0 aliphatic rings. The first kappa shape index (κ1) is 24.1. The lowest BCUT2D eigenvalue weighted by Gasteiger charge is -1.95. The molecule has 2 rings (SSSR count). The van der Waals surface area contributed by atoms with Gasteiger partial charge < -0.3 is 0 Å². The van der Waals surface area contributed by atoms with Gasteiger partial charge in [0, 0.05) is 12.1 Å². The van der Waals surface area contributed by atoms with Gasteiger partial charge in [0.15, 0.2) is 0 Å². The van der Waals surface area contributed by atoms with Gasteiger partial charge in [-0.2, -0.15) is 0 Å². The van der Waals surface area contributed by atoms with E-state index in [1.54, 1.807) is 12.1 Å². The zero-order valence-corrected chi connectivity index (χ0v) is 14.8. The molecule has 0 bridgehead atoms. The number of nitrogens with zero attached hydrogens (tertiary/aromatic N) is 1. The Kier molecular flexibility index (Phi) is 20.8. The van der Waals surface area contributed by atoms with Crippen LogP contribution in [0.1, 0.15) is 55.4 Å². The van der Waals surface area contributed by atoms with Crippen LogP contribution in [0.15, 0.2) is 42.5 Å². The van der Waals surface area contributed by atoms with Gasteiger partial charge in [-0.1, -0.05) is 79.7 Å². The van der Waals surface area contributed by atoms with Crippen molar-refractivity contribution in [2.75, 3.05) is 0 Å². The number of benzene rings is 2. The van der Waals surface area contributed by atoms with Gasteiger partial charge in [-0.05, 0) is 16.8 Å². The van der Waals surface area contributed by atoms with Crippen LogP contribution in [0.5, 0.6) is 0 Å². The Hall–Kier alpha value is -1.90. The van der Waals surface area contributed by atoms with E-state index in [1.165, 1.54) is 6.07 Å². The predicted octanol–water partition coefficient (Wildman–Crippen LogP) is 6.85. The fraction of sp³-hybridized carbons (Fsp3) is 0.444. The van der Waals surface area contributed by atoms with Crippen molar-refractivity contribution in [3.05, 3.63) is 52.6 Å². The lowest BCUT2D eigenvalue weighted by atomic mass is 10.1. The normalized spacial score (nSPS) is 7.43. The van der Waals surface area contributed by atoms with Crippen molar-refractivity contribution in [1.29, 1.82) is 0 Å². The molecule has 0 aliphatic heterocycles. The van der Waals surface area contributed by atoms with Crippen molar-refractivity contribution < 1.29 is 4.92 Å². The molecule has 2 aromatic carbocycles. The van der Waals surface area contributed by atoms with E-state index in [-0.39, 0.29) is 10.6 Å². The van der Waals surface area contributed by atoms with Crippen molar-refractivity contribution in [2.45, 2.75) is 55.4 Å². The van der Waals surface area contributed by atoms with E-state index < -0.39 is 0 Å². The summed E-state index contributed by atoms with van der Waals surface area (Å²) in [6.07, 6.45) is 0. The molecule has 3 heteroatoms. The molecule has 21 heavy (non-hydrogen) atoms. The molecule has 0 heterocycles. The highest BCUT2D eigenvalue weighted by molar-refractivity contribution is 5.84. The predicted molar refractivity (Wildman–Crippen MR) is 96.0 cm³/mol. The Balaban J connectivity index is -0.000000353. The van der Waals surface area contributed by atoms with E-state index in [4.69, 9.17) is 0 Å². The van der Waals surface area contributed by atoms with Crippen LogP contribution in [0.25, 0.3) is 10.8 Å². The van der Waals surface area contributed by atoms with Gasteiger partial charge in [-0.15, -0.1) is 0 Å². The van der Waals surface area contributed by atoms with Crippen molar-refractivity contribution in [3.63, 3.8) is 0 Å². The van der Waals surface area contributed by atoms with Gasteiger partial charge in [-0.3, -0.25) is 10.1 Å². The zero-order chi connectivity index (χ0) is 17.3. The minimum atomic E-state index is -0.382. The molecular weight excluding hydrogens is 262 g/mol. The number of rotatable bonds is 1. The summed E-state index contributed by atoms with van der Waals surface area (Å²) in [6.45, 7) is 16.0. The second-order valence-corrected chi connectivity index (χ2v) is 2.79. The number of non-ortho nitro benzene ring substituents is 1. The van der Waals surface area contributed by atoms with Crippen LogP contribution < -0.4 is 0 Å². The summed E-state index contributed by atoms with van der Waals surface area (Å²) >= 11 is 0. The largest absolute Gasteiger partial charge is 0.270 e. The van der Waals surface area contributed by atoms with Crippen molar-refractivity contribution in [1.82, 2.24) is 0 Å². The topological polar surface area (TPSA) is 43.1 Å². The van der Waals surface area contributed by atoms with Crippen LogP contribution >= 0.6 is 0 Å². The standard InChI is InChI=1S/C10H7NO2.4C2H6/c12-11(13)10-6-5-8-3-1-2-4-9(8)7-10;4*1-2/h1-7H;4*1-2H3. The third kappa shape index (κ3) is 9.61. The number of hydrogen-bond acceptors (Lipinski definition) is 2. The highest BCUT2D eigenvalue weighted by Crippen LogP contribution is 2.19. The van der Waals surface area contributed by atoms with E-state index in [1.807, 2.05) is 79.7 Å². The Morgan fingerprint density at radius 2 is 1.14 bits per heavy atom. The van der Waals surface area contributed by atoms with Gasteiger partial charge >= 0.3 is 0 Å². The molecule has 0 unspecified atom stereocenters. The molecule has 0 atom stereocenters. The summed E-state index contributed by atoms with van der Waals surface area (Å²) in [5.41, 5.74) is 0.138. The Morgan fingerprint density at radius 3 is 1.57 bits per heavy atom. The fourth-order valence-electron chi connectivity index (χ4n) is 1.29. The molecule has 120 valence electrons. The molecule has 0 aromatic heterocycles. The maximum atomic E-state index is 10.5. The smallest absolute Gasteiger partial charge is 0.258 e. The van der Waals surface area contributed by atoms with Crippen LogP contribution in [0.2, 0.25) is 0 Å². The summed E-state index contributed by atoms with van der Waals surface area (Å²) in [5, 5.41) is 12.4. The Bertz CT molecular complexity index is 467. The number of nitro groups is 1. The van der Waals surface area contributed by atoms with Gasteiger partial charge in [0.05, 0.1) is 4.92 Å². The summed E-state index contributed by atoms with van der Waals surface area (Å²) in [5.74, 6) is 0. The number of fused-ring (bicyclic) bond motifs is 1. The maximum Gasteiger partial charge on any atom is 0.270 e. The van der Waals surface area contributed by atoms with Gasteiger partial charge in [0.25, 0.3) is 5.69 Å². The summed E-state index contributed by atoms with van der Waals surface area (Å²) in [6, 6.07) is 12.4. The van der Waals surface area contributed by atoms with Crippen LogP contribution in [-0.2, 0) is 0 Å². The maximum absolute atomic E-state index is 10.5. The highest BCUT2D eigenvalue weighted by Gasteiger charge is 2.04. The molecule has 0 saturated heterocycles. The first-order valence-electron chi connectivity index (χ1n) is 7.90. The van der Waals surface area contributed by atoms with Gasteiger partial charge in [0.1, 0.15) is 0 Å². The molecule has 0 aliphatic carbocycles. The van der Waals surface area contributed by atoms with Gasteiger partial charge in [0.2, 0.25) is 0 Å². The average molecular weight is 293 g/mol. The summed E-state index contributed by atoms with van der Waals surface area (Å²) in [4.78, 5) is 10.1. The van der Waals surface area contributed by atoms with Crippen LogP contribution in [-0.4, -0.2) is 4.92 Å². The quantitative estimate of drug-likeness (QED) is 0.426. The minimum Gasteiger partial charge on any atom is -0.258 e. The molecule has 0 fully saturated rings. The van der Waals surface area contributed by atoms with E-state index in [0.717, 1.165) is 10.8 Å². The van der Waals surface area contributed by atoms with Gasteiger partial charge in [-0.25, -0.2) is 0 Å². The van der Waals surface area contributed by atoms with Crippen LogP contribution in [0.3, 0.4) is 0 Å². The van der Waals surface area contributed by atoms with Crippen LogP contribution in [0, 0.1) is 10.1 Å². The molecule has 0 amide bonds. The molecule has 0 saturated carbocycles. The summed E-state index contributed by atoms with van der Waals surface area (Å²) < 4.78 is 0. The molecule has 0 N–H and O–H groups in total. The number of hydrogen-bond donors (Lipinski definition) is 0. The molecule has 3 nitrogen and oxygen atoms in total. The van der Waals surface area contributed by atoms with E-state index in [9.17, 15) is 10.1 Å². The average Bonchev–Trinajstić information content (AvgIpc) is 2.61. The zero-order valence-electron chi connectivity index (χ0n) is 14.8. The molecule has 2 aromatic rings. The minimum absolute atomic E-state index is 0.138.